The molecule has 1 aromatic heterocycles. The number of nitrogens with zero attached hydrogens (tertiary/aromatic N) is 2. The fourth-order valence-electron chi connectivity index (χ4n) is 4.87. The highest BCUT2D eigenvalue weighted by Crippen LogP contribution is 2.40. The molecule has 2 heterocycles. The minimum Gasteiger partial charge on any atom is -0.493 e. The predicted molar refractivity (Wildman–Crippen MR) is 153 cm³/mol. The summed E-state index contributed by atoms with van der Waals surface area (Å²) in [6, 6.07) is 18.8. The SMILES string of the molecule is CCCOc1c(OC)cccc1[C@@H]1C(C(=O)OCC)=C(C)N=c2s/c(=C\c3cccc4ccccc34)c(=O)n21. The number of benzene rings is 3. The Kier molecular flexibility index (Phi) is 7.65. The van der Waals surface area contributed by atoms with Crippen LogP contribution in [0, 0.1) is 0 Å². The first-order chi connectivity index (χ1) is 19.0. The summed E-state index contributed by atoms with van der Waals surface area (Å²) in [5, 5.41) is 2.14. The molecule has 3 aromatic carbocycles. The van der Waals surface area contributed by atoms with Crippen LogP contribution in [0.5, 0.6) is 11.5 Å². The maximum Gasteiger partial charge on any atom is 0.338 e. The molecule has 4 aromatic rings. The Morgan fingerprint density at radius 2 is 1.85 bits per heavy atom. The van der Waals surface area contributed by atoms with E-state index in [0.717, 1.165) is 22.8 Å². The third kappa shape index (κ3) is 4.88. The van der Waals surface area contributed by atoms with E-state index in [-0.39, 0.29) is 12.2 Å². The summed E-state index contributed by atoms with van der Waals surface area (Å²) in [4.78, 5) is 32.6. The Morgan fingerprint density at radius 3 is 2.62 bits per heavy atom. The van der Waals surface area contributed by atoms with Crippen LogP contribution in [-0.2, 0) is 9.53 Å². The number of rotatable bonds is 8. The van der Waals surface area contributed by atoms with Crippen molar-refractivity contribution >= 4 is 34.2 Å². The lowest BCUT2D eigenvalue weighted by atomic mass is 9.94. The first-order valence-electron chi connectivity index (χ1n) is 13.0. The number of carbonyl (C=O) groups is 1. The van der Waals surface area contributed by atoms with E-state index in [9.17, 15) is 9.59 Å². The van der Waals surface area contributed by atoms with E-state index in [1.165, 1.54) is 11.3 Å². The molecule has 0 fully saturated rings. The Bertz CT molecular complexity index is 1760. The highest BCUT2D eigenvalue weighted by molar-refractivity contribution is 7.07. The van der Waals surface area contributed by atoms with E-state index in [0.29, 0.717) is 44.3 Å². The van der Waals surface area contributed by atoms with Crippen molar-refractivity contribution in [1.29, 1.82) is 0 Å². The number of fused-ring (bicyclic) bond motifs is 2. The molecule has 7 nitrogen and oxygen atoms in total. The van der Waals surface area contributed by atoms with E-state index >= 15 is 0 Å². The van der Waals surface area contributed by atoms with E-state index in [1.54, 1.807) is 31.6 Å². The molecule has 8 heteroatoms. The molecule has 0 spiro atoms. The summed E-state index contributed by atoms with van der Waals surface area (Å²) in [5.74, 6) is 0.500. The maximum atomic E-state index is 14.1. The lowest BCUT2D eigenvalue weighted by Crippen LogP contribution is -2.40. The summed E-state index contributed by atoms with van der Waals surface area (Å²) in [7, 11) is 1.57. The Labute approximate surface area is 230 Å². The van der Waals surface area contributed by atoms with Crippen LogP contribution in [0.4, 0.5) is 0 Å². The molecule has 0 bridgehead atoms. The number of aromatic nitrogens is 1. The van der Waals surface area contributed by atoms with Crippen molar-refractivity contribution in [3.05, 3.63) is 103 Å². The molecule has 1 atom stereocenters. The van der Waals surface area contributed by atoms with Crippen molar-refractivity contribution in [2.75, 3.05) is 20.3 Å². The molecule has 0 N–H and O–H groups in total. The van der Waals surface area contributed by atoms with Crippen molar-refractivity contribution in [2.24, 2.45) is 4.99 Å². The van der Waals surface area contributed by atoms with Gasteiger partial charge in [-0.1, -0.05) is 72.9 Å². The normalized spacial score (nSPS) is 15.2. The minimum atomic E-state index is -0.795. The quantitative estimate of drug-likeness (QED) is 0.300. The molecule has 0 aliphatic carbocycles. The molecule has 200 valence electrons. The second-order valence-corrected chi connectivity index (χ2v) is 10.1. The van der Waals surface area contributed by atoms with Crippen molar-refractivity contribution in [2.45, 2.75) is 33.2 Å². The Morgan fingerprint density at radius 1 is 1.08 bits per heavy atom. The summed E-state index contributed by atoms with van der Waals surface area (Å²) >= 11 is 1.30. The molecule has 1 aliphatic heterocycles. The van der Waals surface area contributed by atoms with Crippen LogP contribution in [0.25, 0.3) is 16.8 Å². The van der Waals surface area contributed by atoms with Crippen LogP contribution < -0.4 is 24.4 Å². The second-order valence-electron chi connectivity index (χ2n) is 9.10. The van der Waals surface area contributed by atoms with Crippen LogP contribution in [-0.4, -0.2) is 30.9 Å². The van der Waals surface area contributed by atoms with Crippen molar-refractivity contribution < 1.29 is 19.0 Å². The van der Waals surface area contributed by atoms with Gasteiger partial charge < -0.3 is 14.2 Å². The fourth-order valence-corrected chi connectivity index (χ4v) is 5.91. The number of ether oxygens (including phenoxy) is 3. The number of thiazole rings is 1. The van der Waals surface area contributed by atoms with Crippen LogP contribution in [0.3, 0.4) is 0 Å². The van der Waals surface area contributed by atoms with Crippen LogP contribution in [0.1, 0.15) is 44.4 Å². The first kappa shape index (κ1) is 26.4. The predicted octanol–water partition coefficient (Wildman–Crippen LogP) is 4.75. The van der Waals surface area contributed by atoms with Gasteiger partial charge in [0.25, 0.3) is 5.56 Å². The molecule has 5 rings (SSSR count). The smallest absolute Gasteiger partial charge is 0.338 e. The molecule has 1 aliphatic rings. The molecule has 0 radical (unpaired) electrons. The maximum absolute atomic E-state index is 14.1. The number of allylic oxidation sites excluding steroid dienone is 1. The minimum absolute atomic E-state index is 0.200. The van der Waals surface area contributed by atoms with E-state index in [4.69, 9.17) is 19.2 Å². The number of carbonyl (C=O) groups excluding carboxylic acids is 1. The summed E-state index contributed by atoms with van der Waals surface area (Å²) < 4.78 is 19.3. The number of hydrogen-bond acceptors (Lipinski definition) is 7. The van der Waals surface area contributed by atoms with Crippen LogP contribution in [0.2, 0.25) is 0 Å². The monoisotopic (exact) mass is 542 g/mol. The summed E-state index contributed by atoms with van der Waals surface area (Å²) in [5.41, 5.74) is 2.13. The van der Waals surface area contributed by atoms with Gasteiger partial charge in [0.2, 0.25) is 0 Å². The van der Waals surface area contributed by atoms with Gasteiger partial charge in [-0.15, -0.1) is 0 Å². The van der Waals surface area contributed by atoms with Gasteiger partial charge >= 0.3 is 5.97 Å². The van der Waals surface area contributed by atoms with E-state index in [2.05, 4.69) is 0 Å². The van der Waals surface area contributed by atoms with Gasteiger partial charge in [0, 0.05) is 5.56 Å². The highest BCUT2D eigenvalue weighted by atomic mass is 32.1. The highest BCUT2D eigenvalue weighted by Gasteiger charge is 2.36. The number of para-hydroxylation sites is 1. The molecule has 0 amide bonds. The molecule has 0 saturated carbocycles. The fraction of sp³-hybridized carbons (Fsp3) is 0.258. The van der Waals surface area contributed by atoms with E-state index < -0.39 is 12.0 Å². The van der Waals surface area contributed by atoms with Gasteiger partial charge in [-0.2, -0.15) is 0 Å². The first-order valence-corrected chi connectivity index (χ1v) is 13.8. The molecule has 39 heavy (non-hydrogen) atoms. The average Bonchev–Trinajstić information content (AvgIpc) is 3.25. The number of hydrogen-bond donors (Lipinski definition) is 0. The van der Waals surface area contributed by atoms with Gasteiger partial charge in [-0.25, -0.2) is 9.79 Å². The molecular formula is C31H30N2O5S. The van der Waals surface area contributed by atoms with Crippen molar-refractivity contribution in [3.8, 4) is 11.5 Å². The standard InChI is InChI=1S/C31H30N2O5S/c1-5-17-38-28-23(15-10-16-24(28)36-4)27-26(30(35)37-6-2)19(3)32-31-33(27)29(34)25(39-31)18-21-13-9-12-20-11-7-8-14-22(20)21/h7-16,18,27H,5-6,17H2,1-4H3/b25-18-/t27-/m1/s1. The van der Waals surface area contributed by atoms with Gasteiger partial charge in [0.15, 0.2) is 16.3 Å². The summed E-state index contributed by atoms with van der Waals surface area (Å²) in [6.07, 6.45) is 2.68. The lowest BCUT2D eigenvalue weighted by molar-refractivity contribution is -0.139. The third-order valence-electron chi connectivity index (χ3n) is 6.60. The Hall–Kier alpha value is -4.17. The van der Waals surface area contributed by atoms with E-state index in [1.807, 2.05) is 67.6 Å². The van der Waals surface area contributed by atoms with Gasteiger partial charge in [0.05, 0.1) is 36.1 Å². The van der Waals surface area contributed by atoms with Crippen molar-refractivity contribution in [1.82, 2.24) is 4.57 Å². The van der Waals surface area contributed by atoms with Gasteiger partial charge in [0.1, 0.15) is 6.04 Å². The average molecular weight is 543 g/mol. The zero-order chi connectivity index (χ0) is 27.5. The van der Waals surface area contributed by atoms with Gasteiger partial charge in [-0.3, -0.25) is 9.36 Å². The third-order valence-corrected chi connectivity index (χ3v) is 7.58. The summed E-state index contributed by atoms with van der Waals surface area (Å²) in [6.45, 7) is 6.19. The Balaban J connectivity index is 1.78. The number of esters is 1. The van der Waals surface area contributed by atoms with Gasteiger partial charge in [-0.05, 0) is 48.7 Å². The van der Waals surface area contributed by atoms with Crippen molar-refractivity contribution in [3.63, 3.8) is 0 Å². The van der Waals surface area contributed by atoms with Crippen LogP contribution in [0.15, 0.2) is 81.7 Å². The number of methoxy groups -OCH3 is 1. The zero-order valence-electron chi connectivity index (χ0n) is 22.4. The lowest BCUT2D eigenvalue weighted by Gasteiger charge is -2.27. The second kappa shape index (κ2) is 11.3. The topological polar surface area (TPSA) is 79.1 Å². The largest absolute Gasteiger partial charge is 0.493 e. The molecule has 0 unspecified atom stereocenters. The molecular weight excluding hydrogens is 512 g/mol. The van der Waals surface area contributed by atoms with Crippen LogP contribution >= 0.6 is 11.3 Å². The zero-order valence-corrected chi connectivity index (χ0v) is 23.2. The molecule has 0 saturated heterocycles.